The topological polar surface area (TPSA) is 75.6 Å². The van der Waals surface area contributed by atoms with Crippen LogP contribution in [0.5, 0.6) is 0 Å². The highest BCUT2D eigenvalue weighted by atomic mass is 16.5. The average Bonchev–Trinajstić information content (AvgIpc) is 2.11. The van der Waals surface area contributed by atoms with Crippen molar-refractivity contribution in [3.05, 3.63) is 0 Å². The molecular formula is C12H19NO4. The number of carbonyl (C=O) groups excluding carboxylic acids is 1. The second-order valence-corrected chi connectivity index (χ2v) is 4.96. The third kappa shape index (κ3) is 2.16. The van der Waals surface area contributed by atoms with Crippen LogP contribution in [0, 0.1) is 5.41 Å². The quantitative estimate of drug-likeness (QED) is 0.702. The summed E-state index contributed by atoms with van der Waals surface area (Å²) >= 11 is 0. The van der Waals surface area contributed by atoms with Gasteiger partial charge in [0.2, 0.25) is 5.91 Å². The van der Waals surface area contributed by atoms with Gasteiger partial charge < -0.3 is 15.2 Å². The van der Waals surface area contributed by atoms with Gasteiger partial charge in [0.15, 0.2) is 0 Å². The van der Waals surface area contributed by atoms with E-state index in [4.69, 9.17) is 9.84 Å². The Morgan fingerprint density at radius 3 is 2.47 bits per heavy atom. The van der Waals surface area contributed by atoms with Crippen molar-refractivity contribution in [1.29, 1.82) is 0 Å². The molecule has 2 N–H and O–H groups in total. The van der Waals surface area contributed by atoms with Gasteiger partial charge in [-0.2, -0.15) is 0 Å². The van der Waals surface area contributed by atoms with E-state index in [1.54, 1.807) is 0 Å². The number of aliphatic carboxylic acids is 1. The number of hydrogen-bond acceptors (Lipinski definition) is 3. The Labute approximate surface area is 101 Å². The van der Waals surface area contributed by atoms with E-state index >= 15 is 0 Å². The second-order valence-electron chi connectivity index (χ2n) is 4.96. The maximum Gasteiger partial charge on any atom is 0.319 e. The smallest absolute Gasteiger partial charge is 0.319 e. The Kier molecular flexibility index (Phi) is 3.38. The van der Waals surface area contributed by atoms with Gasteiger partial charge in [-0.3, -0.25) is 9.59 Å². The first-order chi connectivity index (χ1) is 8.08. The molecule has 0 heterocycles. The first kappa shape index (κ1) is 12.4. The summed E-state index contributed by atoms with van der Waals surface area (Å²) in [7, 11) is 0. The summed E-state index contributed by atoms with van der Waals surface area (Å²) in [6.07, 6.45) is 3.59. The minimum absolute atomic E-state index is 0.0934. The zero-order valence-electron chi connectivity index (χ0n) is 10.1. The molecule has 17 heavy (non-hydrogen) atoms. The fraction of sp³-hybridized carbons (Fsp3) is 0.833. The summed E-state index contributed by atoms with van der Waals surface area (Å²) in [5.41, 5.74) is -1.14. The van der Waals surface area contributed by atoms with Crippen LogP contribution in [0.3, 0.4) is 0 Å². The van der Waals surface area contributed by atoms with Crippen LogP contribution in [0.25, 0.3) is 0 Å². The Morgan fingerprint density at radius 1 is 1.41 bits per heavy atom. The number of carbonyl (C=O) groups is 2. The molecule has 2 aliphatic rings. The Morgan fingerprint density at radius 2 is 2.06 bits per heavy atom. The number of amides is 1. The molecule has 0 unspecified atom stereocenters. The number of carboxylic acid groups (broad SMARTS) is 1. The third-order valence-corrected chi connectivity index (χ3v) is 3.88. The van der Waals surface area contributed by atoms with Crippen LogP contribution in [0.1, 0.15) is 39.0 Å². The summed E-state index contributed by atoms with van der Waals surface area (Å²) in [6.45, 7) is 2.63. The van der Waals surface area contributed by atoms with Gasteiger partial charge in [0.1, 0.15) is 5.41 Å². The van der Waals surface area contributed by atoms with Crippen molar-refractivity contribution in [3.8, 4) is 0 Å². The van der Waals surface area contributed by atoms with Crippen molar-refractivity contribution in [3.63, 3.8) is 0 Å². The standard InChI is InChI=1S/C12H19NO4/c1-2-17-9-6-8(7-9)13-10(14)12(11(15)16)4-3-5-12/h8-9H,2-7H2,1H3,(H,13,14)(H,15,16). The van der Waals surface area contributed by atoms with E-state index in [1.165, 1.54) is 0 Å². The molecule has 0 saturated heterocycles. The third-order valence-electron chi connectivity index (χ3n) is 3.88. The van der Waals surface area contributed by atoms with Crippen molar-refractivity contribution in [2.24, 2.45) is 5.41 Å². The summed E-state index contributed by atoms with van der Waals surface area (Å²) in [4.78, 5) is 23.0. The van der Waals surface area contributed by atoms with Crippen LogP contribution < -0.4 is 5.32 Å². The van der Waals surface area contributed by atoms with Crippen molar-refractivity contribution in [1.82, 2.24) is 5.32 Å². The number of rotatable bonds is 5. The molecule has 0 bridgehead atoms. The summed E-state index contributed by atoms with van der Waals surface area (Å²) < 4.78 is 5.40. The zero-order valence-corrected chi connectivity index (χ0v) is 10.1. The highest BCUT2D eigenvalue weighted by Crippen LogP contribution is 2.42. The zero-order chi connectivity index (χ0) is 12.5. The first-order valence-corrected chi connectivity index (χ1v) is 6.24. The average molecular weight is 241 g/mol. The van der Waals surface area contributed by atoms with E-state index in [1.807, 2.05) is 6.92 Å². The molecule has 2 aliphatic carbocycles. The molecule has 0 aromatic carbocycles. The van der Waals surface area contributed by atoms with Gasteiger partial charge in [-0.1, -0.05) is 6.42 Å². The lowest BCUT2D eigenvalue weighted by Gasteiger charge is -2.41. The van der Waals surface area contributed by atoms with Crippen LogP contribution in [0.2, 0.25) is 0 Å². The molecule has 2 fully saturated rings. The van der Waals surface area contributed by atoms with Crippen molar-refractivity contribution in [2.75, 3.05) is 6.61 Å². The molecular weight excluding hydrogens is 222 g/mol. The van der Waals surface area contributed by atoms with Gasteiger partial charge in [-0.05, 0) is 32.6 Å². The van der Waals surface area contributed by atoms with Gasteiger partial charge in [-0.15, -0.1) is 0 Å². The molecule has 0 aromatic rings. The minimum Gasteiger partial charge on any atom is -0.480 e. The first-order valence-electron chi connectivity index (χ1n) is 6.24. The summed E-state index contributed by atoms with van der Waals surface area (Å²) in [5, 5.41) is 11.9. The van der Waals surface area contributed by atoms with Crippen LogP contribution in [-0.2, 0) is 14.3 Å². The van der Waals surface area contributed by atoms with Gasteiger partial charge in [0.05, 0.1) is 6.10 Å². The monoisotopic (exact) mass is 241 g/mol. The van der Waals surface area contributed by atoms with Crippen LogP contribution >= 0.6 is 0 Å². The minimum atomic E-state index is -1.14. The molecule has 2 saturated carbocycles. The highest BCUT2D eigenvalue weighted by molar-refractivity contribution is 6.02. The summed E-state index contributed by atoms with van der Waals surface area (Å²) in [6, 6.07) is 0.0934. The molecule has 0 aliphatic heterocycles. The number of carboxylic acids is 1. The fourth-order valence-corrected chi connectivity index (χ4v) is 2.45. The SMILES string of the molecule is CCOC1CC(NC(=O)C2(C(=O)O)CCC2)C1. The Bertz CT molecular complexity index is 318. The Hall–Kier alpha value is -1.10. The van der Waals surface area contributed by atoms with Gasteiger partial charge in [0.25, 0.3) is 0 Å². The molecule has 96 valence electrons. The molecule has 1 amide bonds. The number of ether oxygens (including phenoxy) is 1. The van der Waals surface area contributed by atoms with Crippen molar-refractivity contribution < 1.29 is 19.4 Å². The van der Waals surface area contributed by atoms with Crippen LogP contribution in [0.15, 0.2) is 0 Å². The maximum absolute atomic E-state index is 11.9. The lowest BCUT2D eigenvalue weighted by molar-refractivity contribution is -0.163. The van der Waals surface area contributed by atoms with E-state index in [0.29, 0.717) is 19.4 Å². The lowest BCUT2D eigenvalue weighted by Crippen LogP contribution is -2.57. The largest absolute Gasteiger partial charge is 0.480 e. The molecule has 5 nitrogen and oxygen atoms in total. The highest BCUT2D eigenvalue weighted by Gasteiger charge is 2.52. The maximum atomic E-state index is 11.9. The lowest BCUT2D eigenvalue weighted by atomic mass is 9.67. The van der Waals surface area contributed by atoms with Gasteiger partial charge >= 0.3 is 5.97 Å². The predicted molar refractivity (Wildman–Crippen MR) is 60.5 cm³/mol. The van der Waals surface area contributed by atoms with Crippen molar-refractivity contribution in [2.45, 2.75) is 51.2 Å². The van der Waals surface area contributed by atoms with E-state index in [0.717, 1.165) is 19.3 Å². The predicted octanol–water partition coefficient (Wildman–Crippen LogP) is 0.925. The second kappa shape index (κ2) is 4.64. The van der Waals surface area contributed by atoms with E-state index in [-0.39, 0.29) is 18.1 Å². The van der Waals surface area contributed by atoms with E-state index in [9.17, 15) is 9.59 Å². The molecule has 5 heteroatoms. The molecule has 0 aromatic heterocycles. The Balaban J connectivity index is 1.80. The molecule has 0 atom stereocenters. The van der Waals surface area contributed by atoms with Crippen molar-refractivity contribution >= 4 is 11.9 Å². The van der Waals surface area contributed by atoms with Gasteiger partial charge in [-0.25, -0.2) is 0 Å². The van der Waals surface area contributed by atoms with E-state index < -0.39 is 11.4 Å². The normalized spacial score (nSPS) is 29.9. The summed E-state index contributed by atoms with van der Waals surface area (Å²) in [5.74, 6) is -1.29. The number of hydrogen-bond donors (Lipinski definition) is 2. The van der Waals surface area contributed by atoms with Crippen LogP contribution in [-0.4, -0.2) is 35.7 Å². The van der Waals surface area contributed by atoms with Crippen LogP contribution in [0.4, 0.5) is 0 Å². The van der Waals surface area contributed by atoms with E-state index in [2.05, 4.69) is 5.32 Å². The number of nitrogens with one attached hydrogen (secondary N) is 1. The molecule has 2 rings (SSSR count). The fourth-order valence-electron chi connectivity index (χ4n) is 2.45. The molecule has 0 radical (unpaired) electrons. The molecule has 0 spiro atoms. The van der Waals surface area contributed by atoms with Gasteiger partial charge in [0, 0.05) is 12.6 Å².